The zero-order valence-corrected chi connectivity index (χ0v) is 14.3. The summed E-state index contributed by atoms with van der Waals surface area (Å²) in [5.41, 5.74) is 3.26. The molecule has 1 aromatic rings. The largest absolute Gasteiger partial charge is 0.314 e. The maximum atomic E-state index is 3.71. The Labute approximate surface area is 126 Å². The van der Waals surface area contributed by atoms with Gasteiger partial charge in [-0.15, -0.1) is 0 Å². The van der Waals surface area contributed by atoms with Crippen LogP contribution in [0.4, 0.5) is 0 Å². The number of nitrogens with one attached hydrogen (secondary N) is 1. The van der Waals surface area contributed by atoms with Crippen molar-refractivity contribution in [2.45, 2.75) is 72.8 Å². The van der Waals surface area contributed by atoms with Gasteiger partial charge in [-0.1, -0.05) is 65.8 Å². The molecule has 1 nitrogen and oxygen atoms in total. The highest BCUT2D eigenvalue weighted by Gasteiger charge is 2.18. The van der Waals surface area contributed by atoms with Crippen molar-refractivity contribution in [1.82, 2.24) is 5.32 Å². The fraction of sp³-hybridized carbons (Fsp3) is 0.684. The van der Waals surface area contributed by atoms with Crippen LogP contribution in [0.3, 0.4) is 0 Å². The third kappa shape index (κ3) is 6.56. The summed E-state index contributed by atoms with van der Waals surface area (Å²) in [6, 6.07) is 9.76. The van der Waals surface area contributed by atoms with Crippen molar-refractivity contribution in [1.29, 1.82) is 0 Å². The Morgan fingerprint density at radius 3 is 2.10 bits per heavy atom. The number of rotatable bonds is 7. The normalized spacial score (nSPS) is 13.8. The van der Waals surface area contributed by atoms with Crippen LogP contribution in [0.1, 0.15) is 71.4 Å². The second kappa shape index (κ2) is 7.83. The molecule has 0 aliphatic carbocycles. The van der Waals surface area contributed by atoms with Gasteiger partial charge in [0.1, 0.15) is 0 Å². The number of hydrogen-bond donors (Lipinski definition) is 1. The summed E-state index contributed by atoms with van der Waals surface area (Å²) in [5, 5.41) is 3.71. The third-order valence-electron chi connectivity index (χ3n) is 3.67. The molecule has 0 fully saturated rings. The van der Waals surface area contributed by atoms with E-state index in [1.807, 2.05) is 0 Å². The van der Waals surface area contributed by atoms with Gasteiger partial charge in [0.2, 0.25) is 0 Å². The van der Waals surface area contributed by atoms with Crippen LogP contribution in [0, 0.1) is 5.41 Å². The number of hydrogen-bond acceptors (Lipinski definition) is 1. The van der Waals surface area contributed by atoms with Crippen LogP contribution >= 0.6 is 0 Å². The van der Waals surface area contributed by atoms with E-state index in [1.54, 1.807) is 0 Å². The Morgan fingerprint density at radius 1 is 1.05 bits per heavy atom. The van der Waals surface area contributed by atoms with Gasteiger partial charge < -0.3 is 5.32 Å². The van der Waals surface area contributed by atoms with E-state index in [0.717, 1.165) is 13.0 Å². The minimum Gasteiger partial charge on any atom is -0.314 e. The van der Waals surface area contributed by atoms with E-state index in [1.165, 1.54) is 24.0 Å². The van der Waals surface area contributed by atoms with E-state index in [0.29, 0.717) is 17.4 Å². The lowest BCUT2D eigenvalue weighted by Gasteiger charge is -2.27. The minimum absolute atomic E-state index is 0.378. The Morgan fingerprint density at radius 2 is 1.65 bits per heavy atom. The van der Waals surface area contributed by atoms with Crippen molar-refractivity contribution in [2.24, 2.45) is 5.41 Å². The highest BCUT2D eigenvalue weighted by molar-refractivity contribution is 5.25. The van der Waals surface area contributed by atoms with Crippen LogP contribution in [-0.2, 0) is 6.42 Å². The standard InChI is InChI=1S/C19H33N/c1-7-12-20-18(14-19(4,5)6)13-16-8-10-17(11-9-16)15(2)3/h8-11,15,18,20H,7,12-14H2,1-6H3. The molecule has 1 N–H and O–H groups in total. The fourth-order valence-corrected chi connectivity index (χ4v) is 2.63. The second-order valence-electron chi connectivity index (χ2n) is 7.52. The average molecular weight is 275 g/mol. The molecule has 1 aromatic carbocycles. The summed E-state index contributed by atoms with van der Waals surface area (Å²) in [6.07, 6.45) is 3.56. The predicted octanol–water partition coefficient (Wildman–Crippen LogP) is 5.16. The van der Waals surface area contributed by atoms with Gasteiger partial charge in [-0.2, -0.15) is 0 Å². The molecule has 1 heteroatoms. The maximum Gasteiger partial charge on any atom is 0.0112 e. The monoisotopic (exact) mass is 275 g/mol. The molecular formula is C19H33N. The summed E-state index contributed by atoms with van der Waals surface area (Å²) < 4.78 is 0. The van der Waals surface area contributed by atoms with Crippen molar-refractivity contribution in [3.8, 4) is 0 Å². The Bertz CT molecular complexity index is 370. The topological polar surface area (TPSA) is 12.0 Å². The molecule has 1 unspecified atom stereocenters. The van der Waals surface area contributed by atoms with Crippen LogP contribution < -0.4 is 5.32 Å². The molecule has 0 bridgehead atoms. The zero-order chi connectivity index (χ0) is 15.2. The van der Waals surface area contributed by atoms with Crippen molar-refractivity contribution < 1.29 is 0 Å². The van der Waals surface area contributed by atoms with Crippen LogP contribution in [-0.4, -0.2) is 12.6 Å². The van der Waals surface area contributed by atoms with Crippen LogP contribution in [0.15, 0.2) is 24.3 Å². The molecule has 0 saturated carbocycles. The quantitative estimate of drug-likeness (QED) is 0.725. The lowest BCUT2D eigenvalue weighted by atomic mass is 9.85. The molecule has 0 aliphatic rings. The zero-order valence-electron chi connectivity index (χ0n) is 14.3. The summed E-state index contributed by atoms with van der Waals surface area (Å²) >= 11 is 0. The van der Waals surface area contributed by atoms with Crippen molar-refractivity contribution in [3.05, 3.63) is 35.4 Å². The van der Waals surface area contributed by atoms with Gasteiger partial charge in [-0.05, 0) is 48.3 Å². The van der Waals surface area contributed by atoms with Crippen LogP contribution in [0.5, 0.6) is 0 Å². The first-order chi connectivity index (χ1) is 9.31. The first-order valence-electron chi connectivity index (χ1n) is 8.14. The van der Waals surface area contributed by atoms with Gasteiger partial charge >= 0.3 is 0 Å². The highest BCUT2D eigenvalue weighted by Crippen LogP contribution is 2.23. The minimum atomic E-state index is 0.378. The molecule has 0 spiro atoms. The molecule has 0 aromatic heterocycles. The second-order valence-corrected chi connectivity index (χ2v) is 7.52. The highest BCUT2D eigenvalue weighted by atomic mass is 14.9. The molecule has 1 atom stereocenters. The molecule has 0 saturated heterocycles. The molecule has 1 rings (SSSR count). The fourth-order valence-electron chi connectivity index (χ4n) is 2.63. The molecule has 0 radical (unpaired) electrons. The van der Waals surface area contributed by atoms with Gasteiger partial charge in [-0.3, -0.25) is 0 Å². The van der Waals surface area contributed by atoms with Gasteiger partial charge in [0, 0.05) is 6.04 Å². The van der Waals surface area contributed by atoms with Gasteiger partial charge in [0.25, 0.3) is 0 Å². The summed E-state index contributed by atoms with van der Waals surface area (Å²) in [6.45, 7) is 14.8. The molecule has 0 amide bonds. The maximum absolute atomic E-state index is 3.71. The van der Waals surface area contributed by atoms with Crippen LogP contribution in [0.25, 0.3) is 0 Å². The van der Waals surface area contributed by atoms with Gasteiger partial charge in [0.15, 0.2) is 0 Å². The predicted molar refractivity (Wildman–Crippen MR) is 90.4 cm³/mol. The van der Waals surface area contributed by atoms with Gasteiger partial charge in [0.05, 0.1) is 0 Å². The lowest BCUT2D eigenvalue weighted by molar-refractivity contribution is 0.306. The van der Waals surface area contributed by atoms with E-state index in [9.17, 15) is 0 Å². The van der Waals surface area contributed by atoms with Crippen molar-refractivity contribution >= 4 is 0 Å². The van der Waals surface area contributed by atoms with Crippen molar-refractivity contribution in [3.63, 3.8) is 0 Å². The summed E-state index contributed by atoms with van der Waals surface area (Å²) in [7, 11) is 0. The lowest BCUT2D eigenvalue weighted by Crippen LogP contribution is -2.35. The number of benzene rings is 1. The first kappa shape index (κ1) is 17.2. The molecule has 20 heavy (non-hydrogen) atoms. The Hall–Kier alpha value is -0.820. The summed E-state index contributed by atoms with van der Waals surface area (Å²) in [5.74, 6) is 0.618. The van der Waals surface area contributed by atoms with E-state index < -0.39 is 0 Å². The van der Waals surface area contributed by atoms with Crippen molar-refractivity contribution in [2.75, 3.05) is 6.54 Å². The smallest absolute Gasteiger partial charge is 0.0112 e. The summed E-state index contributed by atoms with van der Waals surface area (Å²) in [4.78, 5) is 0. The van der Waals surface area contributed by atoms with E-state index in [-0.39, 0.29) is 0 Å². The Kier molecular flexibility index (Phi) is 6.75. The molecule has 114 valence electrons. The SMILES string of the molecule is CCCNC(Cc1ccc(C(C)C)cc1)CC(C)(C)C. The first-order valence-corrected chi connectivity index (χ1v) is 8.14. The van der Waals surface area contributed by atoms with E-state index >= 15 is 0 Å². The average Bonchev–Trinajstić information content (AvgIpc) is 2.35. The third-order valence-corrected chi connectivity index (χ3v) is 3.67. The van der Waals surface area contributed by atoms with E-state index in [2.05, 4.69) is 71.1 Å². The molecule has 0 heterocycles. The molecule has 0 aliphatic heterocycles. The van der Waals surface area contributed by atoms with Crippen LogP contribution in [0.2, 0.25) is 0 Å². The Balaban J connectivity index is 2.67. The molecular weight excluding hydrogens is 242 g/mol. The van der Waals surface area contributed by atoms with E-state index in [4.69, 9.17) is 0 Å². The van der Waals surface area contributed by atoms with Gasteiger partial charge in [-0.25, -0.2) is 0 Å².